The number of aromatic nitrogens is 2. The Kier molecular flexibility index (Phi) is 5.21. The highest BCUT2D eigenvalue weighted by molar-refractivity contribution is 7.89. The lowest BCUT2D eigenvalue weighted by Crippen LogP contribution is -2.49. The number of piperazine rings is 1. The van der Waals surface area contributed by atoms with Gasteiger partial charge >= 0.3 is 11.9 Å². The molecule has 0 amide bonds. The Morgan fingerprint density at radius 1 is 1.00 bits per heavy atom. The van der Waals surface area contributed by atoms with Gasteiger partial charge in [-0.25, -0.2) is 18.4 Å². The Labute approximate surface area is 157 Å². The topological polar surface area (TPSA) is 110 Å². The van der Waals surface area contributed by atoms with Gasteiger partial charge in [0.2, 0.25) is 16.0 Å². The Balaban J connectivity index is 1.69. The van der Waals surface area contributed by atoms with Crippen molar-refractivity contribution in [3.63, 3.8) is 0 Å². The molecule has 3 rings (SSSR count). The number of rotatable bonds is 4. The Hall–Kier alpha value is -2.80. The average molecular weight is 417 g/mol. The van der Waals surface area contributed by atoms with Crippen molar-refractivity contribution in [2.75, 3.05) is 31.1 Å². The van der Waals surface area contributed by atoms with E-state index in [-0.39, 0.29) is 42.7 Å². The highest BCUT2D eigenvalue weighted by Gasteiger charge is 2.33. The van der Waals surface area contributed by atoms with Crippen LogP contribution < -0.4 is 4.90 Å². The van der Waals surface area contributed by atoms with E-state index >= 15 is 0 Å². The van der Waals surface area contributed by atoms with Gasteiger partial charge in [-0.1, -0.05) is 0 Å². The summed E-state index contributed by atoms with van der Waals surface area (Å²) in [4.78, 5) is 19.3. The molecule has 9 nitrogen and oxygen atoms in total. The monoisotopic (exact) mass is 417 g/mol. The van der Waals surface area contributed by atoms with Crippen molar-refractivity contribution in [1.29, 1.82) is 0 Å². The lowest BCUT2D eigenvalue weighted by Gasteiger charge is -2.33. The summed E-state index contributed by atoms with van der Waals surface area (Å²) < 4.78 is 64.3. The second-order valence-corrected chi connectivity index (χ2v) is 7.85. The van der Waals surface area contributed by atoms with Crippen molar-refractivity contribution < 1.29 is 26.5 Å². The largest absolute Gasteiger partial charge is 0.416 e. The van der Waals surface area contributed by atoms with Gasteiger partial charge in [0, 0.05) is 26.2 Å². The molecular formula is C15H14F3N5O4S. The molecule has 1 saturated heterocycles. The maximum absolute atomic E-state index is 12.6. The molecule has 1 aromatic carbocycles. The van der Waals surface area contributed by atoms with Gasteiger partial charge in [0.25, 0.3) is 0 Å². The zero-order valence-corrected chi connectivity index (χ0v) is 15.0. The molecule has 0 bridgehead atoms. The van der Waals surface area contributed by atoms with Gasteiger partial charge in [-0.3, -0.25) is 10.1 Å². The molecule has 1 fully saturated rings. The van der Waals surface area contributed by atoms with Crippen molar-refractivity contribution >= 4 is 21.7 Å². The molecular weight excluding hydrogens is 403 g/mol. The highest BCUT2D eigenvalue weighted by Crippen LogP contribution is 2.30. The van der Waals surface area contributed by atoms with Gasteiger partial charge in [-0.05, 0) is 24.3 Å². The van der Waals surface area contributed by atoms with Crippen LogP contribution in [0.1, 0.15) is 5.56 Å². The molecule has 1 aromatic heterocycles. The molecule has 0 radical (unpaired) electrons. The molecule has 1 aliphatic rings. The number of nitro groups is 1. The summed E-state index contributed by atoms with van der Waals surface area (Å²) >= 11 is 0. The van der Waals surface area contributed by atoms with Crippen LogP contribution in [0.2, 0.25) is 0 Å². The third-order valence-corrected chi connectivity index (χ3v) is 6.09. The SMILES string of the molecule is O=[N+]([O-])c1cnc(N2CCN(S(=O)(=O)c3ccc(C(F)(F)F)cc3)CC2)nc1. The molecule has 2 heterocycles. The highest BCUT2D eigenvalue weighted by atomic mass is 32.2. The van der Waals surface area contributed by atoms with Crippen molar-refractivity contribution in [3.05, 3.63) is 52.3 Å². The van der Waals surface area contributed by atoms with Gasteiger partial charge in [0.05, 0.1) is 15.4 Å². The van der Waals surface area contributed by atoms with Crippen LogP contribution in [0.3, 0.4) is 0 Å². The number of hydrogen-bond donors (Lipinski definition) is 0. The third-order valence-electron chi connectivity index (χ3n) is 4.18. The fourth-order valence-corrected chi connectivity index (χ4v) is 4.09. The van der Waals surface area contributed by atoms with Gasteiger partial charge in [-0.15, -0.1) is 0 Å². The number of hydrogen-bond acceptors (Lipinski definition) is 7. The first-order chi connectivity index (χ1) is 13.1. The predicted molar refractivity (Wildman–Crippen MR) is 91.1 cm³/mol. The minimum Gasteiger partial charge on any atom is -0.338 e. The summed E-state index contributed by atoms with van der Waals surface area (Å²) in [7, 11) is -3.94. The standard InChI is InChI=1S/C15H14F3N5O4S/c16-15(17,18)11-1-3-13(4-2-11)28(26,27)22-7-5-21(6-8-22)14-19-9-12(10-20-14)23(24)25/h1-4,9-10H,5-8H2. The van der Waals surface area contributed by atoms with Crippen molar-refractivity contribution in [3.8, 4) is 0 Å². The van der Waals surface area contributed by atoms with Crippen molar-refractivity contribution in [2.45, 2.75) is 11.1 Å². The molecule has 0 atom stereocenters. The number of halogens is 3. The van der Waals surface area contributed by atoms with E-state index in [9.17, 15) is 31.7 Å². The van der Waals surface area contributed by atoms with Gasteiger partial charge in [0.15, 0.2) is 0 Å². The van der Waals surface area contributed by atoms with Gasteiger partial charge in [0.1, 0.15) is 12.4 Å². The van der Waals surface area contributed by atoms with E-state index < -0.39 is 26.7 Å². The first kappa shape index (κ1) is 19.9. The molecule has 0 spiro atoms. The maximum Gasteiger partial charge on any atom is 0.416 e. The number of benzene rings is 1. The van der Waals surface area contributed by atoms with Crippen LogP contribution in [-0.2, 0) is 16.2 Å². The van der Waals surface area contributed by atoms with E-state index in [1.807, 2.05) is 0 Å². The van der Waals surface area contributed by atoms with Crippen LogP contribution in [0.15, 0.2) is 41.6 Å². The molecule has 0 aliphatic carbocycles. The average Bonchev–Trinajstić information content (AvgIpc) is 2.67. The minimum absolute atomic E-state index is 0.0731. The second-order valence-electron chi connectivity index (χ2n) is 5.91. The fourth-order valence-electron chi connectivity index (χ4n) is 2.67. The minimum atomic E-state index is -4.54. The third kappa shape index (κ3) is 4.04. The molecule has 13 heteroatoms. The Morgan fingerprint density at radius 2 is 1.54 bits per heavy atom. The van der Waals surface area contributed by atoms with E-state index in [0.29, 0.717) is 0 Å². The van der Waals surface area contributed by atoms with Crippen LogP contribution >= 0.6 is 0 Å². The first-order valence-electron chi connectivity index (χ1n) is 7.98. The summed E-state index contributed by atoms with van der Waals surface area (Å²) in [6, 6.07) is 3.33. The first-order valence-corrected chi connectivity index (χ1v) is 9.42. The van der Waals surface area contributed by atoms with Crippen molar-refractivity contribution in [2.24, 2.45) is 0 Å². The molecule has 28 heavy (non-hydrogen) atoms. The van der Waals surface area contributed by atoms with Gasteiger partial charge in [-0.2, -0.15) is 17.5 Å². The maximum atomic E-state index is 12.6. The number of nitrogens with zero attached hydrogens (tertiary/aromatic N) is 5. The fraction of sp³-hybridized carbons (Fsp3) is 0.333. The summed E-state index contributed by atoms with van der Waals surface area (Å²) in [5.74, 6) is 0.233. The van der Waals surface area contributed by atoms with E-state index in [2.05, 4.69) is 9.97 Å². The van der Waals surface area contributed by atoms with Crippen LogP contribution in [0.5, 0.6) is 0 Å². The number of sulfonamides is 1. The van der Waals surface area contributed by atoms with Crippen molar-refractivity contribution in [1.82, 2.24) is 14.3 Å². The Morgan fingerprint density at radius 3 is 2.00 bits per heavy atom. The predicted octanol–water partition coefficient (Wildman–Crippen LogP) is 1.91. The molecule has 150 valence electrons. The second kappa shape index (κ2) is 7.31. The summed E-state index contributed by atoms with van der Waals surface area (Å²) in [5, 5.41) is 10.6. The quantitative estimate of drug-likeness (QED) is 0.552. The molecule has 0 N–H and O–H groups in total. The normalized spacial score (nSPS) is 16.2. The van der Waals surface area contributed by atoms with Crippen LogP contribution in [0.25, 0.3) is 0 Å². The lowest BCUT2D eigenvalue weighted by molar-refractivity contribution is -0.385. The molecule has 1 aliphatic heterocycles. The zero-order valence-electron chi connectivity index (χ0n) is 14.2. The number of alkyl halides is 3. The summed E-state index contributed by atoms with van der Waals surface area (Å²) in [6.45, 7) is 0.614. The van der Waals surface area contributed by atoms with E-state index in [0.717, 1.165) is 41.0 Å². The van der Waals surface area contributed by atoms with Gasteiger partial charge < -0.3 is 4.90 Å². The van der Waals surface area contributed by atoms with E-state index in [1.165, 1.54) is 0 Å². The summed E-state index contributed by atoms with van der Waals surface area (Å²) in [6.07, 6.45) is -2.42. The summed E-state index contributed by atoms with van der Waals surface area (Å²) in [5.41, 5.74) is -1.18. The van der Waals surface area contributed by atoms with Crippen LogP contribution in [0.4, 0.5) is 24.8 Å². The number of anilines is 1. The molecule has 2 aromatic rings. The zero-order chi connectivity index (χ0) is 20.5. The Bertz CT molecular complexity index is 957. The molecule has 0 saturated carbocycles. The van der Waals surface area contributed by atoms with E-state index in [1.54, 1.807) is 4.90 Å². The lowest BCUT2D eigenvalue weighted by atomic mass is 10.2. The van der Waals surface area contributed by atoms with Crippen LogP contribution in [0, 0.1) is 10.1 Å². The smallest absolute Gasteiger partial charge is 0.338 e. The molecule has 0 unspecified atom stereocenters. The van der Waals surface area contributed by atoms with E-state index in [4.69, 9.17) is 0 Å². The van der Waals surface area contributed by atoms with Crippen LogP contribution in [-0.4, -0.2) is 53.8 Å².